The van der Waals surface area contributed by atoms with Gasteiger partial charge in [0.15, 0.2) is 9.84 Å². The van der Waals surface area contributed by atoms with E-state index in [1.807, 2.05) is 0 Å². The van der Waals surface area contributed by atoms with Crippen LogP contribution in [0.4, 0.5) is 13.2 Å². The van der Waals surface area contributed by atoms with E-state index < -0.39 is 44.8 Å². The van der Waals surface area contributed by atoms with Gasteiger partial charge in [0.25, 0.3) is 0 Å². The standard InChI is InChI=1S/C10H11F3O3S/c1-17(15,16)8-6-3-2-5(4-6)7(8)9(14)10(11,12)13/h2-3,5-8H,4H2,1H3/t5-,6+,7+,8+/m0/s1. The van der Waals surface area contributed by atoms with Crippen LogP contribution in [0.2, 0.25) is 0 Å². The van der Waals surface area contributed by atoms with Crippen LogP contribution in [0, 0.1) is 17.8 Å². The normalized spacial score (nSPS) is 36.5. The van der Waals surface area contributed by atoms with Gasteiger partial charge in [0.1, 0.15) is 0 Å². The fourth-order valence-corrected chi connectivity index (χ4v) is 4.59. The number of ketones is 1. The van der Waals surface area contributed by atoms with Gasteiger partial charge in [-0.05, 0) is 18.3 Å². The summed E-state index contributed by atoms with van der Waals surface area (Å²) in [6.07, 6.45) is -0.615. The first kappa shape index (κ1) is 12.6. The maximum atomic E-state index is 12.4. The number of fused-ring (bicyclic) bond motifs is 2. The Morgan fingerprint density at radius 1 is 1.24 bits per heavy atom. The maximum Gasteiger partial charge on any atom is 0.450 e. The SMILES string of the molecule is CS(=O)(=O)[C@H]1[C@H](C(=O)C(F)(F)F)[C@H]2C=C[C@@H]1C2. The molecule has 2 rings (SSSR count). The zero-order valence-corrected chi connectivity index (χ0v) is 9.75. The molecule has 4 atom stereocenters. The van der Waals surface area contributed by atoms with Crippen LogP contribution in [0.3, 0.4) is 0 Å². The van der Waals surface area contributed by atoms with Gasteiger partial charge in [-0.25, -0.2) is 8.42 Å². The van der Waals surface area contributed by atoms with Gasteiger partial charge in [0, 0.05) is 6.26 Å². The Hall–Kier alpha value is -0.850. The number of halogens is 3. The summed E-state index contributed by atoms with van der Waals surface area (Å²) in [4.78, 5) is 11.3. The van der Waals surface area contributed by atoms with Crippen molar-refractivity contribution in [3.05, 3.63) is 12.2 Å². The summed E-state index contributed by atoms with van der Waals surface area (Å²) in [5.74, 6) is -4.41. The quantitative estimate of drug-likeness (QED) is 0.710. The van der Waals surface area contributed by atoms with Crippen LogP contribution in [0.15, 0.2) is 12.2 Å². The average Bonchev–Trinajstić information content (AvgIpc) is 2.71. The summed E-state index contributed by atoms with van der Waals surface area (Å²) >= 11 is 0. The summed E-state index contributed by atoms with van der Waals surface area (Å²) in [5.41, 5.74) is 0. The highest BCUT2D eigenvalue weighted by molar-refractivity contribution is 7.91. The van der Waals surface area contributed by atoms with Gasteiger partial charge >= 0.3 is 6.18 Å². The Labute approximate surface area is 96.6 Å². The van der Waals surface area contributed by atoms with E-state index in [4.69, 9.17) is 0 Å². The number of hydrogen-bond acceptors (Lipinski definition) is 3. The number of carbonyl (C=O) groups excluding carboxylic acids is 1. The van der Waals surface area contributed by atoms with Crippen LogP contribution in [-0.2, 0) is 14.6 Å². The van der Waals surface area contributed by atoms with E-state index in [0.717, 1.165) is 6.26 Å². The molecule has 0 aromatic heterocycles. The highest BCUT2D eigenvalue weighted by atomic mass is 32.2. The summed E-state index contributed by atoms with van der Waals surface area (Å²) in [5, 5.41) is -1.22. The van der Waals surface area contributed by atoms with E-state index in [2.05, 4.69) is 0 Å². The molecule has 0 aromatic rings. The first-order valence-electron chi connectivity index (χ1n) is 5.10. The molecule has 0 N–H and O–H groups in total. The molecule has 0 spiro atoms. The topological polar surface area (TPSA) is 51.2 Å². The number of sulfone groups is 1. The maximum absolute atomic E-state index is 12.4. The van der Waals surface area contributed by atoms with Crippen molar-refractivity contribution in [3.8, 4) is 0 Å². The van der Waals surface area contributed by atoms with E-state index in [1.54, 1.807) is 6.08 Å². The molecule has 0 heterocycles. The average molecular weight is 268 g/mol. The zero-order chi connectivity index (χ0) is 13.0. The van der Waals surface area contributed by atoms with E-state index in [0.29, 0.717) is 6.42 Å². The lowest BCUT2D eigenvalue weighted by Gasteiger charge is -2.25. The fourth-order valence-electron chi connectivity index (χ4n) is 2.89. The molecule has 2 bridgehead atoms. The van der Waals surface area contributed by atoms with Gasteiger partial charge in [0.05, 0.1) is 11.2 Å². The second-order valence-corrected chi connectivity index (χ2v) is 6.83. The molecule has 3 nitrogen and oxygen atoms in total. The second-order valence-electron chi connectivity index (χ2n) is 4.63. The van der Waals surface area contributed by atoms with Crippen molar-refractivity contribution in [3.63, 3.8) is 0 Å². The molecular formula is C10H11F3O3S. The number of Topliss-reactive ketones (excluding diaryl/α,β-unsaturated/α-hetero) is 1. The predicted molar refractivity (Wildman–Crippen MR) is 53.9 cm³/mol. The molecule has 0 saturated heterocycles. The number of carbonyl (C=O) groups is 1. The molecule has 0 aliphatic heterocycles. The number of rotatable bonds is 2. The first-order valence-corrected chi connectivity index (χ1v) is 7.06. The third-order valence-electron chi connectivity index (χ3n) is 3.46. The second kappa shape index (κ2) is 3.57. The number of alkyl halides is 3. The molecule has 2 aliphatic rings. The van der Waals surface area contributed by atoms with Crippen LogP contribution in [-0.4, -0.2) is 31.9 Å². The number of hydrogen-bond donors (Lipinski definition) is 0. The summed E-state index contributed by atoms with van der Waals surface area (Å²) in [6, 6.07) is 0. The molecule has 0 aromatic carbocycles. The van der Waals surface area contributed by atoms with Crippen molar-refractivity contribution in [1.82, 2.24) is 0 Å². The molecular weight excluding hydrogens is 257 g/mol. The van der Waals surface area contributed by atoms with Crippen molar-refractivity contribution in [1.29, 1.82) is 0 Å². The highest BCUT2D eigenvalue weighted by Gasteiger charge is 2.58. The largest absolute Gasteiger partial charge is 0.450 e. The van der Waals surface area contributed by atoms with E-state index in [9.17, 15) is 26.4 Å². The fraction of sp³-hybridized carbons (Fsp3) is 0.700. The molecule has 2 aliphatic carbocycles. The monoisotopic (exact) mass is 268 g/mol. The van der Waals surface area contributed by atoms with Gasteiger partial charge in [0.2, 0.25) is 5.78 Å². The minimum atomic E-state index is -4.97. The lowest BCUT2D eigenvalue weighted by atomic mass is 9.89. The predicted octanol–water partition coefficient (Wildman–Crippen LogP) is 1.35. The third-order valence-corrected chi connectivity index (χ3v) is 5.10. The van der Waals surface area contributed by atoms with Gasteiger partial charge < -0.3 is 0 Å². The van der Waals surface area contributed by atoms with Crippen LogP contribution in [0.5, 0.6) is 0 Å². The summed E-state index contributed by atoms with van der Waals surface area (Å²) in [6.45, 7) is 0. The van der Waals surface area contributed by atoms with E-state index >= 15 is 0 Å². The molecule has 1 fully saturated rings. The minimum absolute atomic E-state index is 0.324. The van der Waals surface area contributed by atoms with Crippen molar-refractivity contribution < 1.29 is 26.4 Å². The first-order chi connectivity index (χ1) is 7.62. The lowest BCUT2D eigenvalue weighted by molar-refractivity contribution is -0.176. The molecule has 0 radical (unpaired) electrons. The molecule has 96 valence electrons. The Kier molecular flexibility index (Phi) is 2.65. The zero-order valence-electron chi connectivity index (χ0n) is 8.94. The van der Waals surface area contributed by atoms with Gasteiger partial charge in [-0.1, -0.05) is 12.2 Å². The minimum Gasteiger partial charge on any atom is -0.289 e. The smallest absolute Gasteiger partial charge is 0.289 e. The third kappa shape index (κ3) is 2.00. The summed E-state index contributed by atoms with van der Waals surface area (Å²) < 4.78 is 60.3. The number of allylic oxidation sites excluding steroid dienone is 2. The van der Waals surface area contributed by atoms with Gasteiger partial charge in [-0.3, -0.25) is 4.79 Å². The molecule has 1 saturated carbocycles. The van der Waals surface area contributed by atoms with E-state index in [-0.39, 0.29) is 0 Å². The highest BCUT2D eigenvalue weighted by Crippen LogP contribution is 2.48. The Morgan fingerprint density at radius 3 is 2.24 bits per heavy atom. The molecule has 7 heteroatoms. The molecule has 0 unspecified atom stereocenters. The van der Waals surface area contributed by atoms with Crippen LogP contribution in [0.1, 0.15) is 6.42 Å². The van der Waals surface area contributed by atoms with Crippen LogP contribution in [0.25, 0.3) is 0 Å². The molecule has 0 amide bonds. The van der Waals surface area contributed by atoms with E-state index in [1.165, 1.54) is 6.08 Å². The van der Waals surface area contributed by atoms with Crippen LogP contribution >= 0.6 is 0 Å². The Bertz CT molecular complexity index is 478. The van der Waals surface area contributed by atoms with Gasteiger partial charge in [-0.15, -0.1) is 0 Å². The lowest BCUT2D eigenvalue weighted by Crippen LogP contribution is -2.43. The van der Waals surface area contributed by atoms with Crippen molar-refractivity contribution in [2.24, 2.45) is 17.8 Å². The Morgan fingerprint density at radius 2 is 1.76 bits per heavy atom. The van der Waals surface area contributed by atoms with Crippen molar-refractivity contribution in [2.75, 3.05) is 6.26 Å². The molecule has 17 heavy (non-hydrogen) atoms. The van der Waals surface area contributed by atoms with Crippen LogP contribution < -0.4 is 0 Å². The van der Waals surface area contributed by atoms with Crippen molar-refractivity contribution >= 4 is 15.6 Å². The summed E-state index contributed by atoms with van der Waals surface area (Å²) in [7, 11) is -3.66. The Balaban J connectivity index is 2.40. The van der Waals surface area contributed by atoms with Crippen molar-refractivity contribution in [2.45, 2.75) is 17.8 Å². The van der Waals surface area contributed by atoms with Gasteiger partial charge in [-0.2, -0.15) is 13.2 Å².